The number of fused-ring (bicyclic) bond motifs is 2. The molecule has 0 unspecified atom stereocenters. The Balaban J connectivity index is 1.51. The van der Waals surface area contributed by atoms with E-state index in [4.69, 9.17) is 9.72 Å². The Labute approximate surface area is 163 Å². The van der Waals surface area contributed by atoms with Gasteiger partial charge in [-0.3, -0.25) is 5.10 Å². The molecule has 28 heavy (non-hydrogen) atoms. The molecule has 0 bridgehead atoms. The summed E-state index contributed by atoms with van der Waals surface area (Å²) in [5.74, 6) is 0.784. The van der Waals surface area contributed by atoms with Gasteiger partial charge in [-0.2, -0.15) is 5.10 Å². The molecule has 2 N–H and O–H groups in total. The second kappa shape index (κ2) is 6.92. The van der Waals surface area contributed by atoms with Gasteiger partial charge in [-0.25, -0.2) is 4.98 Å². The number of hydrogen-bond donors (Lipinski definition) is 2. The number of imidazole rings is 1. The van der Waals surface area contributed by atoms with Gasteiger partial charge in [0.2, 0.25) is 0 Å². The lowest BCUT2D eigenvalue weighted by Gasteiger charge is -2.34. The van der Waals surface area contributed by atoms with Crippen molar-refractivity contribution in [2.75, 3.05) is 45.2 Å². The largest absolute Gasteiger partial charge is 0.380 e. The summed E-state index contributed by atoms with van der Waals surface area (Å²) in [6.07, 6.45) is 0. The van der Waals surface area contributed by atoms with Crippen molar-refractivity contribution in [2.24, 2.45) is 0 Å². The number of benzene rings is 2. The van der Waals surface area contributed by atoms with E-state index in [2.05, 4.69) is 62.4 Å². The highest BCUT2D eigenvalue weighted by molar-refractivity contribution is 5.93. The zero-order chi connectivity index (χ0) is 19.1. The van der Waals surface area contributed by atoms with Crippen molar-refractivity contribution < 1.29 is 4.74 Å². The van der Waals surface area contributed by atoms with Crippen LogP contribution in [0.1, 0.15) is 5.56 Å². The van der Waals surface area contributed by atoms with Crippen molar-refractivity contribution in [1.82, 2.24) is 25.1 Å². The van der Waals surface area contributed by atoms with Crippen molar-refractivity contribution in [1.29, 1.82) is 0 Å². The van der Waals surface area contributed by atoms with E-state index in [0.717, 1.165) is 65.2 Å². The van der Waals surface area contributed by atoms with Gasteiger partial charge in [-0.1, -0.05) is 6.07 Å². The van der Waals surface area contributed by atoms with Crippen molar-refractivity contribution in [3.05, 3.63) is 42.0 Å². The van der Waals surface area contributed by atoms with Crippen LogP contribution in [0.25, 0.3) is 33.5 Å². The SMILES string of the molecule is COCc1ccc2[nH]nc(-c3nc4ccc(N5CCN(C)CC5)cc4[nH]3)c2c1. The standard InChI is InChI=1S/C21H24N6O/c1-26-7-9-27(10-8-26)15-4-6-18-19(12-15)23-21(22-18)20-16-11-14(13-28-2)3-5-17(16)24-25-20/h3-6,11-12H,7-10,13H2,1-2H3,(H,22,23)(H,24,25). The summed E-state index contributed by atoms with van der Waals surface area (Å²) >= 11 is 0. The number of aromatic nitrogens is 4. The number of rotatable bonds is 4. The summed E-state index contributed by atoms with van der Waals surface area (Å²) < 4.78 is 5.26. The number of ether oxygens (including phenoxy) is 1. The summed E-state index contributed by atoms with van der Waals surface area (Å²) in [5.41, 5.74) is 6.18. The van der Waals surface area contributed by atoms with Crippen molar-refractivity contribution in [2.45, 2.75) is 6.61 Å². The van der Waals surface area contributed by atoms with Crippen LogP contribution in [0.15, 0.2) is 36.4 Å². The molecule has 1 aliphatic rings. The molecule has 1 aliphatic heterocycles. The van der Waals surface area contributed by atoms with Gasteiger partial charge >= 0.3 is 0 Å². The first-order valence-electron chi connectivity index (χ1n) is 9.61. The van der Waals surface area contributed by atoms with Gasteiger partial charge in [0, 0.05) is 44.4 Å². The predicted octanol–water partition coefficient (Wildman–Crippen LogP) is 3.00. The van der Waals surface area contributed by atoms with Crippen LogP contribution in [0.2, 0.25) is 0 Å². The topological polar surface area (TPSA) is 73.1 Å². The van der Waals surface area contributed by atoms with Crippen LogP contribution in [-0.4, -0.2) is 65.4 Å². The Bertz CT molecular complexity index is 1120. The van der Waals surface area contributed by atoms with E-state index < -0.39 is 0 Å². The Morgan fingerprint density at radius 2 is 1.89 bits per heavy atom. The quantitative estimate of drug-likeness (QED) is 0.573. The van der Waals surface area contributed by atoms with Crippen LogP contribution in [-0.2, 0) is 11.3 Å². The monoisotopic (exact) mass is 376 g/mol. The zero-order valence-corrected chi connectivity index (χ0v) is 16.2. The molecule has 0 amide bonds. The number of hydrogen-bond acceptors (Lipinski definition) is 5. The highest BCUT2D eigenvalue weighted by atomic mass is 16.5. The number of likely N-dealkylation sites (N-methyl/N-ethyl adjacent to an activating group) is 1. The average Bonchev–Trinajstić information content (AvgIpc) is 3.31. The van der Waals surface area contributed by atoms with Gasteiger partial charge in [0.15, 0.2) is 5.82 Å². The third kappa shape index (κ3) is 3.02. The van der Waals surface area contributed by atoms with E-state index in [0.29, 0.717) is 6.61 Å². The summed E-state index contributed by atoms with van der Waals surface area (Å²) in [4.78, 5) is 13.0. The lowest BCUT2D eigenvalue weighted by molar-refractivity contribution is 0.185. The molecule has 4 aromatic rings. The number of piperazine rings is 1. The van der Waals surface area contributed by atoms with Crippen LogP contribution < -0.4 is 4.90 Å². The predicted molar refractivity (Wildman–Crippen MR) is 112 cm³/mol. The van der Waals surface area contributed by atoms with Gasteiger partial charge in [0.05, 0.1) is 23.2 Å². The van der Waals surface area contributed by atoms with E-state index in [1.807, 2.05) is 6.07 Å². The molecule has 0 atom stereocenters. The number of anilines is 1. The molecule has 2 aromatic carbocycles. The Kier molecular flexibility index (Phi) is 4.26. The normalized spacial score (nSPS) is 15.7. The molecule has 0 spiro atoms. The molecule has 0 aliphatic carbocycles. The third-order valence-electron chi connectivity index (χ3n) is 5.50. The lowest BCUT2D eigenvalue weighted by Crippen LogP contribution is -2.44. The first kappa shape index (κ1) is 17.2. The zero-order valence-electron chi connectivity index (χ0n) is 16.2. The summed E-state index contributed by atoms with van der Waals surface area (Å²) in [7, 11) is 3.88. The van der Waals surface area contributed by atoms with Crippen LogP contribution in [0.5, 0.6) is 0 Å². The molecule has 0 radical (unpaired) electrons. The second-order valence-corrected chi connectivity index (χ2v) is 7.46. The molecular formula is C21H24N6O. The fraction of sp³-hybridized carbons (Fsp3) is 0.333. The third-order valence-corrected chi connectivity index (χ3v) is 5.50. The van der Waals surface area contributed by atoms with Gasteiger partial charge in [0.1, 0.15) is 5.69 Å². The van der Waals surface area contributed by atoms with E-state index in [1.165, 1.54) is 5.69 Å². The smallest absolute Gasteiger partial charge is 0.159 e. The van der Waals surface area contributed by atoms with Crippen molar-refractivity contribution in [3.63, 3.8) is 0 Å². The number of nitrogens with one attached hydrogen (secondary N) is 2. The maximum atomic E-state index is 5.26. The lowest BCUT2D eigenvalue weighted by atomic mass is 10.1. The minimum atomic E-state index is 0.578. The van der Waals surface area contributed by atoms with E-state index in [-0.39, 0.29) is 0 Å². The number of methoxy groups -OCH3 is 1. The molecule has 7 heteroatoms. The Morgan fingerprint density at radius 3 is 2.71 bits per heavy atom. The van der Waals surface area contributed by atoms with E-state index in [1.54, 1.807) is 7.11 Å². The van der Waals surface area contributed by atoms with Gasteiger partial charge < -0.3 is 19.5 Å². The Hall–Kier alpha value is -2.90. The van der Waals surface area contributed by atoms with Gasteiger partial charge in [-0.05, 0) is 42.9 Å². The molecule has 0 saturated carbocycles. The fourth-order valence-corrected chi connectivity index (χ4v) is 3.87. The Morgan fingerprint density at radius 1 is 1.04 bits per heavy atom. The summed E-state index contributed by atoms with van der Waals surface area (Å²) in [6.45, 7) is 4.87. The molecule has 1 fully saturated rings. The molecule has 5 rings (SSSR count). The van der Waals surface area contributed by atoms with Crippen LogP contribution >= 0.6 is 0 Å². The number of H-pyrrole nitrogens is 2. The van der Waals surface area contributed by atoms with Crippen LogP contribution in [0, 0.1) is 0 Å². The fourth-order valence-electron chi connectivity index (χ4n) is 3.87. The highest BCUT2D eigenvalue weighted by Crippen LogP contribution is 2.29. The molecule has 3 heterocycles. The van der Waals surface area contributed by atoms with Gasteiger partial charge in [0.25, 0.3) is 0 Å². The second-order valence-electron chi connectivity index (χ2n) is 7.46. The highest BCUT2D eigenvalue weighted by Gasteiger charge is 2.17. The van der Waals surface area contributed by atoms with Crippen LogP contribution in [0.3, 0.4) is 0 Å². The minimum absolute atomic E-state index is 0.578. The first-order chi connectivity index (χ1) is 13.7. The summed E-state index contributed by atoms with van der Waals surface area (Å²) in [6, 6.07) is 12.7. The van der Waals surface area contributed by atoms with Crippen LogP contribution in [0.4, 0.5) is 5.69 Å². The van der Waals surface area contributed by atoms with Gasteiger partial charge in [-0.15, -0.1) is 0 Å². The number of nitrogens with zero attached hydrogens (tertiary/aromatic N) is 4. The average molecular weight is 376 g/mol. The molecule has 1 saturated heterocycles. The minimum Gasteiger partial charge on any atom is -0.380 e. The number of aromatic amines is 2. The van der Waals surface area contributed by atoms with Crippen molar-refractivity contribution in [3.8, 4) is 11.5 Å². The molecule has 144 valence electrons. The molecular weight excluding hydrogens is 352 g/mol. The molecule has 2 aromatic heterocycles. The van der Waals surface area contributed by atoms with Crippen molar-refractivity contribution >= 4 is 27.6 Å². The maximum Gasteiger partial charge on any atom is 0.159 e. The maximum absolute atomic E-state index is 5.26. The summed E-state index contributed by atoms with van der Waals surface area (Å²) in [5, 5.41) is 8.66. The van der Waals surface area contributed by atoms with E-state index in [9.17, 15) is 0 Å². The first-order valence-corrected chi connectivity index (χ1v) is 9.61. The molecule has 7 nitrogen and oxygen atoms in total. The van der Waals surface area contributed by atoms with E-state index >= 15 is 0 Å².